The van der Waals surface area contributed by atoms with Crippen molar-refractivity contribution in [3.8, 4) is 0 Å². The molecule has 2 atom stereocenters. The van der Waals surface area contributed by atoms with Gasteiger partial charge in [-0.3, -0.25) is 4.79 Å². The Morgan fingerprint density at radius 1 is 1.38 bits per heavy atom. The van der Waals surface area contributed by atoms with Crippen LogP contribution in [0.5, 0.6) is 0 Å². The lowest BCUT2D eigenvalue weighted by Crippen LogP contribution is -2.31. The van der Waals surface area contributed by atoms with Gasteiger partial charge in [-0.25, -0.2) is 9.78 Å². The standard InChI is InChI=1S/C23H34N4O5/c1-14(11-23(3,4)31-6)25-16-10-18-19(26-15(2)28)20(22(29)30-5)27(21(18)24-12-16)13-17-8-7-9-32-17/h10,12,14,17,25H,7-9,11,13H2,1-6H3,(H,26,28). The average molecular weight is 447 g/mol. The van der Waals surface area contributed by atoms with Crippen LogP contribution in [0.1, 0.15) is 57.4 Å². The lowest BCUT2D eigenvalue weighted by atomic mass is 10.00. The van der Waals surface area contributed by atoms with Crippen molar-refractivity contribution in [2.24, 2.45) is 0 Å². The first-order valence-corrected chi connectivity index (χ1v) is 11.0. The molecule has 1 fully saturated rings. The fourth-order valence-corrected chi connectivity index (χ4v) is 4.24. The van der Waals surface area contributed by atoms with Crippen LogP contribution in [0.2, 0.25) is 0 Å². The highest BCUT2D eigenvalue weighted by atomic mass is 16.5. The summed E-state index contributed by atoms with van der Waals surface area (Å²) < 4.78 is 18.2. The second-order valence-electron chi connectivity index (χ2n) is 8.95. The van der Waals surface area contributed by atoms with Gasteiger partial charge >= 0.3 is 5.97 Å². The maximum absolute atomic E-state index is 12.7. The molecule has 1 aliphatic heterocycles. The number of nitrogens with one attached hydrogen (secondary N) is 2. The van der Waals surface area contributed by atoms with E-state index in [4.69, 9.17) is 14.2 Å². The lowest BCUT2D eigenvalue weighted by molar-refractivity contribution is -0.114. The zero-order valence-corrected chi connectivity index (χ0v) is 19.8. The fourth-order valence-electron chi connectivity index (χ4n) is 4.24. The molecule has 3 rings (SSSR count). The quantitative estimate of drug-likeness (QED) is 0.568. The predicted octanol–water partition coefficient (Wildman–Crippen LogP) is 3.58. The zero-order chi connectivity index (χ0) is 23.5. The third-order valence-electron chi connectivity index (χ3n) is 5.75. The molecule has 1 saturated heterocycles. The van der Waals surface area contributed by atoms with Crippen molar-refractivity contribution in [3.63, 3.8) is 0 Å². The van der Waals surface area contributed by atoms with Crippen LogP contribution in [-0.4, -0.2) is 60.0 Å². The Kier molecular flexibility index (Phi) is 7.40. The number of ether oxygens (including phenoxy) is 3. The van der Waals surface area contributed by atoms with Crippen molar-refractivity contribution in [2.45, 2.75) is 71.2 Å². The number of hydrogen-bond acceptors (Lipinski definition) is 7. The molecule has 2 unspecified atom stereocenters. The number of methoxy groups -OCH3 is 2. The molecule has 0 aliphatic carbocycles. The number of carbonyl (C=O) groups is 2. The first kappa shape index (κ1) is 24.0. The third kappa shape index (κ3) is 5.39. The highest BCUT2D eigenvalue weighted by Gasteiger charge is 2.28. The molecule has 1 aliphatic rings. The number of anilines is 2. The van der Waals surface area contributed by atoms with Crippen LogP contribution in [0.4, 0.5) is 11.4 Å². The Hall–Kier alpha value is -2.65. The molecule has 3 heterocycles. The van der Waals surface area contributed by atoms with Crippen LogP contribution in [-0.2, 0) is 25.5 Å². The number of hydrogen-bond donors (Lipinski definition) is 2. The molecule has 0 radical (unpaired) electrons. The van der Waals surface area contributed by atoms with Crippen LogP contribution < -0.4 is 10.6 Å². The van der Waals surface area contributed by atoms with Gasteiger partial charge in [-0.05, 0) is 46.1 Å². The summed E-state index contributed by atoms with van der Waals surface area (Å²) in [5.74, 6) is -0.811. The summed E-state index contributed by atoms with van der Waals surface area (Å²) in [6, 6.07) is 2.02. The molecule has 2 aromatic rings. The van der Waals surface area contributed by atoms with Crippen LogP contribution in [0.25, 0.3) is 11.0 Å². The van der Waals surface area contributed by atoms with Gasteiger partial charge in [-0.15, -0.1) is 0 Å². The summed E-state index contributed by atoms with van der Waals surface area (Å²) in [6.45, 7) is 8.72. The first-order valence-electron chi connectivity index (χ1n) is 11.0. The zero-order valence-electron chi connectivity index (χ0n) is 19.8. The maximum Gasteiger partial charge on any atom is 0.356 e. The van der Waals surface area contributed by atoms with Gasteiger partial charge in [0.1, 0.15) is 5.65 Å². The molecular weight excluding hydrogens is 412 g/mol. The topological polar surface area (TPSA) is 104 Å². The SMILES string of the molecule is COC(=O)c1c(NC(C)=O)c2cc(NC(C)CC(C)(C)OC)cnc2n1CC1CCCO1. The van der Waals surface area contributed by atoms with Gasteiger partial charge in [0.2, 0.25) is 5.91 Å². The van der Waals surface area contributed by atoms with E-state index in [0.717, 1.165) is 24.9 Å². The smallest absolute Gasteiger partial charge is 0.356 e. The van der Waals surface area contributed by atoms with Crippen molar-refractivity contribution in [2.75, 3.05) is 31.5 Å². The largest absolute Gasteiger partial charge is 0.464 e. The van der Waals surface area contributed by atoms with Gasteiger partial charge < -0.3 is 29.4 Å². The molecule has 2 aromatic heterocycles. The van der Waals surface area contributed by atoms with Gasteiger partial charge in [-0.2, -0.15) is 0 Å². The van der Waals surface area contributed by atoms with E-state index < -0.39 is 5.97 Å². The van der Waals surface area contributed by atoms with Gasteiger partial charge in [0.05, 0.1) is 42.9 Å². The van der Waals surface area contributed by atoms with Gasteiger partial charge in [0.25, 0.3) is 0 Å². The number of pyridine rings is 1. The van der Waals surface area contributed by atoms with Crippen LogP contribution in [0, 0.1) is 0 Å². The van der Waals surface area contributed by atoms with Gasteiger partial charge in [0.15, 0.2) is 5.69 Å². The van der Waals surface area contributed by atoms with Crippen molar-refractivity contribution in [1.29, 1.82) is 0 Å². The highest BCUT2D eigenvalue weighted by Crippen LogP contribution is 2.34. The first-order chi connectivity index (χ1) is 15.1. The molecule has 32 heavy (non-hydrogen) atoms. The van der Waals surface area contributed by atoms with E-state index in [-0.39, 0.29) is 29.3 Å². The summed E-state index contributed by atoms with van der Waals surface area (Å²) in [5, 5.41) is 6.93. The molecule has 0 saturated carbocycles. The monoisotopic (exact) mass is 446 g/mol. The van der Waals surface area contributed by atoms with E-state index in [9.17, 15) is 9.59 Å². The molecule has 0 aromatic carbocycles. The minimum Gasteiger partial charge on any atom is -0.464 e. The summed E-state index contributed by atoms with van der Waals surface area (Å²) in [7, 11) is 3.03. The molecule has 1 amide bonds. The summed E-state index contributed by atoms with van der Waals surface area (Å²) in [4.78, 5) is 29.4. The second-order valence-corrected chi connectivity index (χ2v) is 8.95. The minimum absolute atomic E-state index is 0.0184. The average Bonchev–Trinajstić information content (AvgIpc) is 3.34. The van der Waals surface area contributed by atoms with E-state index in [1.165, 1.54) is 14.0 Å². The predicted molar refractivity (Wildman–Crippen MR) is 123 cm³/mol. The minimum atomic E-state index is -0.533. The number of aromatic nitrogens is 2. The Labute approximate surface area is 188 Å². The van der Waals surface area contributed by atoms with Crippen LogP contribution in [0.15, 0.2) is 12.3 Å². The number of fused-ring (bicyclic) bond motifs is 1. The van der Waals surface area contributed by atoms with Crippen LogP contribution >= 0.6 is 0 Å². The Balaban J connectivity index is 2.05. The number of esters is 1. The van der Waals surface area contributed by atoms with E-state index in [0.29, 0.717) is 29.9 Å². The number of nitrogens with zero attached hydrogens (tertiary/aromatic N) is 2. The van der Waals surface area contributed by atoms with Gasteiger partial charge in [0, 0.05) is 32.1 Å². The summed E-state index contributed by atoms with van der Waals surface area (Å²) in [5.41, 5.74) is 1.78. The fraction of sp³-hybridized carbons (Fsp3) is 0.609. The lowest BCUT2D eigenvalue weighted by Gasteiger charge is -2.27. The molecule has 9 nitrogen and oxygen atoms in total. The Morgan fingerprint density at radius 2 is 2.12 bits per heavy atom. The van der Waals surface area contributed by atoms with Crippen molar-refractivity contribution in [1.82, 2.24) is 9.55 Å². The second kappa shape index (κ2) is 9.87. The van der Waals surface area contributed by atoms with E-state index in [1.807, 2.05) is 19.9 Å². The molecule has 0 bridgehead atoms. The molecular formula is C23H34N4O5. The van der Waals surface area contributed by atoms with Crippen LogP contribution in [0.3, 0.4) is 0 Å². The van der Waals surface area contributed by atoms with Crippen molar-refractivity contribution >= 4 is 34.3 Å². The molecule has 176 valence electrons. The maximum atomic E-state index is 12.7. The van der Waals surface area contributed by atoms with E-state index >= 15 is 0 Å². The van der Waals surface area contributed by atoms with E-state index in [1.54, 1.807) is 17.9 Å². The molecule has 9 heteroatoms. The number of rotatable bonds is 9. The number of carbonyl (C=O) groups excluding carboxylic acids is 2. The van der Waals surface area contributed by atoms with Crippen molar-refractivity contribution in [3.05, 3.63) is 18.0 Å². The highest BCUT2D eigenvalue weighted by molar-refractivity contribution is 6.10. The molecule has 0 spiro atoms. The Morgan fingerprint density at radius 3 is 2.72 bits per heavy atom. The Bertz CT molecular complexity index is 978. The normalized spacial score (nSPS) is 17.4. The number of amides is 1. The summed E-state index contributed by atoms with van der Waals surface area (Å²) >= 11 is 0. The third-order valence-corrected chi connectivity index (χ3v) is 5.75. The summed E-state index contributed by atoms with van der Waals surface area (Å²) in [6.07, 6.45) is 4.39. The molecule has 2 N–H and O–H groups in total. The van der Waals surface area contributed by atoms with Crippen molar-refractivity contribution < 1.29 is 23.8 Å². The van der Waals surface area contributed by atoms with E-state index in [2.05, 4.69) is 22.5 Å². The van der Waals surface area contributed by atoms with Gasteiger partial charge in [-0.1, -0.05) is 0 Å².